The van der Waals surface area contributed by atoms with Crippen LogP contribution in [0.4, 0.5) is 0 Å². The monoisotopic (exact) mass is 276 g/mol. The van der Waals surface area contributed by atoms with Crippen molar-refractivity contribution in [1.82, 2.24) is 0 Å². The number of hydrogen-bond acceptors (Lipinski definition) is 2. The van der Waals surface area contributed by atoms with Crippen molar-refractivity contribution in [3.8, 4) is 0 Å². The van der Waals surface area contributed by atoms with Crippen LogP contribution in [-0.2, 0) is 11.2 Å². The lowest BCUT2D eigenvalue weighted by Gasteiger charge is -2.27. The SMILES string of the molecule is CC1CCC(CC2Cc3ccccc3S2)(C(=O)O)C1. The van der Waals surface area contributed by atoms with E-state index in [4.69, 9.17) is 0 Å². The average molecular weight is 276 g/mol. The second kappa shape index (κ2) is 4.86. The lowest BCUT2D eigenvalue weighted by Crippen LogP contribution is -2.31. The molecule has 1 saturated carbocycles. The number of hydrogen-bond donors (Lipinski definition) is 1. The third-order valence-corrected chi connectivity index (χ3v) is 5.96. The molecule has 2 aliphatic rings. The van der Waals surface area contributed by atoms with Crippen LogP contribution in [0.3, 0.4) is 0 Å². The largest absolute Gasteiger partial charge is 0.481 e. The van der Waals surface area contributed by atoms with Crippen LogP contribution in [0.1, 0.15) is 38.2 Å². The maximum absolute atomic E-state index is 11.7. The summed E-state index contributed by atoms with van der Waals surface area (Å²) in [6, 6.07) is 8.48. The summed E-state index contributed by atoms with van der Waals surface area (Å²) in [7, 11) is 0. The minimum Gasteiger partial charge on any atom is -0.481 e. The highest BCUT2D eigenvalue weighted by Crippen LogP contribution is 2.50. The molecule has 19 heavy (non-hydrogen) atoms. The van der Waals surface area contributed by atoms with Gasteiger partial charge in [0, 0.05) is 10.1 Å². The number of carboxylic acid groups (broad SMARTS) is 1. The van der Waals surface area contributed by atoms with Gasteiger partial charge in [-0.25, -0.2) is 0 Å². The first kappa shape index (κ1) is 13.0. The molecule has 0 amide bonds. The third kappa shape index (κ3) is 2.40. The Bertz CT molecular complexity index is 474. The third-order valence-electron chi connectivity index (χ3n) is 4.64. The molecule has 1 aromatic rings. The molecule has 1 aliphatic heterocycles. The van der Waals surface area contributed by atoms with Crippen LogP contribution in [0.5, 0.6) is 0 Å². The Hall–Kier alpha value is -0.960. The van der Waals surface area contributed by atoms with Crippen LogP contribution < -0.4 is 0 Å². The molecule has 3 unspecified atom stereocenters. The molecule has 1 aromatic carbocycles. The number of carboxylic acids is 1. The van der Waals surface area contributed by atoms with E-state index < -0.39 is 11.4 Å². The van der Waals surface area contributed by atoms with Crippen LogP contribution in [0.25, 0.3) is 0 Å². The summed E-state index contributed by atoms with van der Waals surface area (Å²) in [5.41, 5.74) is 0.933. The van der Waals surface area contributed by atoms with Crippen molar-refractivity contribution in [3.63, 3.8) is 0 Å². The summed E-state index contributed by atoms with van der Waals surface area (Å²) >= 11 is 1.88. The Morgan fingerprint density at radius 2 is 2.26 bits per heavy atom. The molecule has 0 spiro atoms. The van der Waals surface area contributed by atoms with E-state index in [0.717, 1.165) is 32.1 Å². The average Bonchev–Trinajstić information content (AvgIpc) is 2.93. The van der Waals surface area contributed by atoms with E-state index in [1.54, 1.807) is 0 Å². The van der Waals surface area contributed by atoms with Gasteiger partial charge < -0.3 is 5.11 Å². The van der Waals surface area contributed by atoms with Crippen LogP contribution in [0.15, 0.2) is 29.2 Å². The zero-order valence-electron chi connectivity index (χ0n) is 11.3. The lowest BCUT2D eigenvalue weighted by atomic mass is 9.80. The van der Waals surface area contributed by atoms with Crippen molar-refractivity contribution in [1.29, 1.82) is 0 Å². The first-order chi connectivity index (χ1) is 9.09. The van der Waals surface area contributed by atoms with E-state index in [0.29, 0.717) is 11.2 Å². The standard InChI is InChI=1S/C16H20O2S/c1-11-6-7-16(9-11,15(17)18)10-13-8-12-4-2-3-5-14(12)19-13/h2-5,11,13H,6-10H2,1H3,(H,17,18). The maximum Gasteiger partial charge on any atom is 0.309 e. The molecule has 3 atom stereocenters. The summed E-state index contributed by atoms with van der Waals surface area (Å²) in [6.45, 7) is 2.18. The van der Waals surface area contributed by atoms with Crippen LogP contribution >= 0.6 is 11.8 Å². The first-order valence-corrected chi connectivity index (χ1v) is 7.95. The number of fused-ring (bicyclic) bond motifs is 1. The molecule has 3 rings (SSSR count). The van der Waals surface area contributed by atoms with Gasteiger partial charge in [-0.3, -0.25) is 4.79 Å². The molecular formula is C16H20O2S. The fourth-order valence-electron chi connectivity index (χ4n) is 3.66. The van der Waals surface area contributed by atoms with Crippen LogP contribution in [0, 0.1) is 11.3 Å². The molecule has 3 heteroatoms. The zero-order chi connectivity index (χ0) is 13.5. The molecule has 0 radical (unpaired) electrons. The molecule has 1 fully saturated rings. The highest BCUT2D eigenvalue weighted by molar-refractivity contribution is 8.00. The Kier molecular flexibility index (Phi) is 3.34. The summed E-state index contributed by atoms with van der Waals surface area (Å²) < 4.78 is 0. The second-order valence-corrected chi connectivity index (χ2v) is 7.53. The second-order valence-electron chi connectivity index (χ2n) is 6.19. The predicted molar refractivity (Wildman–Crippen MR) is 77.5 cm³/mol. The van der Waals surface area contributed by atoms with Crippen LogP contribution in [-0.4, -0.2) is 16.3 Å². The molecule has 0 bridgehead atoms. The summed E-state index contributed by atoms with van der Waals surface area (Å²) in [6.07, 6.45) is 4.64. The number of aliphatic carboxylic acids is 1. The fraction of sp³-hybridized carbons (Fsp3) is 0.562. The minimum absolute atomic E-state index is 0.443. The highest BCUT2D eigenvalue weighted by Gasteiger charge is 2.46. The molecule has 0 aromatic heterocycles. The van der Waals surface area contributed by atoms with Crippen molar-refractivity contribution < 1.29 is 9.90 Å². The van der Waals surface area contributed by atoms with Gasteiger partial charge in [0.05, 0.1) is 5.41 Å². The van der Waals surface area contributed by atoms with Crippen molar-refractivity contribution >= 4 is 17.7 Å². The quantitative estimate of drug-likeness (QED) is 0.907. The van der Waals surface area contributed by atoms with Gasteiger partial charge in [-0.05, 0) is 49.7 Å². The van der Waals surface area contributed by atoms with Crippen molar-refractivity contribution in [3.05, 3.63) is 29.8 Å². The molecular weight excluding hydrogens is 256 g/mol. The fourth-order valence-corrected chi connectivity index (χ4v) is 5.15. The van der Waals surface area contributed by atoms with Crippen LogP contribution in [0.2, 0.25) is 0 Å². The number of benzene rings is 1. The molecule has 1 heterocycles. The topological polar surface area (TPSA) is 37.3 Å². The van der Waals surface area contributed by atoms with E-state index in [1.807, 2.05) is 11.8 Å². The minimum atomic E-state index is -0.576. The normalized spacial score (nSPS) is 33.3. The molecule has 102 valence electrons. The van der Waals surface area contributed by atoms with E-state index in [2.05, 4.69) is 31.2 Å². The molecule has 0 saturated heterocycles. The lowest BCUT2D eigenvalue weighted by molar-refractivity contribution is -0.149. The molecule has 1 N–H and O–H groups in total. The van der Waals surface area contributed by atoms with Gasteiger partial charge in [-0.2, -0.15) is 0 Å². The van der Waals surface area contributed by atoms with Crippen molar-refractivity contribution in [2.24, 2.45) is 11.3 Å². The predicted octanol–water partition coefficient (Wildman–Crippen LogP) is 3.98. The molecule has 2 nitrogen and oxygen atoms in total. The Balaban J connectivity index is 1.74. The smallest absolute Gasteiger partial charge is 0.309 e. The Morgan fingerprint density at radius 1 is 1.47 bits per heavy atom. The Morgan fingerprint density at radius 3 is 2.89 bits per heavy atom. The number of rotatable bonds is 3. The molecule has 1 aliphatic carbocycles. The van der Waals surface area contributed by atoms with Crippen molar-refractivity contribution in [2.75, 3.05) is 0 Å². The van der Waals surface area contributed by atoms with E-state index in [-0.39, 0.29) is 0 Å². The van der Waals surface area contributed by atoms with E-state index >= 15 is 0 Å². The number of thioether (sulfide) groups is 1. The summed E-state index contributed by atoms with van der Waals surface area (Å²) in [4.78, 5) is 13.1. The van der Waals surface area contributed by atoms with Gasteiger partial charge in [0.15, 0.2) is 0 Å². The number of carbonyl (C=O) groups is 1. The van der Waals surface area contributed by atoms with Gasteiger partial charge in [0.25, 0.3) is 0 Å². The maximum atomic E-state index is 11.7. The zero-order valence-corrected chi connectivity index (χ0v) is 12.1. The summed E-state index contributed by atoms with van der Waals surface area (Å²) in [5.74, 6) is -0.0155. The van der Waals surface area contributed by atoms with Gasteiger partial charge in [-0.15, -0.1) is 11.8 Å². The Labute approximate surface area is 118 Å². The van der Waals surface area contributed by atoms with Gasteiger partial charge in [0.1, 0.15) is 0 Å². The van der Waals surface area contributed by atoms with E-state index in [1.165, 1.54) is 10.5 Å². The summed E-state index contributed by atoms with van der Waals surface area (Å²) in [5, 5.41) is 10.1. The van der Waals surface area contributed by atoms with E-state index in [9.17, 15) is 9.90 Å². The van der Waals surface area contributed by atoms with Gasteiger partial charge in [0.2, 0.25) is 0 Å². The first-order valence-electron chi connectivity index (χ1n) is 7.07. The van der Waals surface area contributed by atoms with Gasteiger partial charge in [-0.1, -0.05) is 25.1 Å². The van der Waals surface area contributed by atoms with Gasteiger partial charge >= 0.3 is 5.97 Å². The van der Waals surface area contributed by atoms with Crippen molar-refractivity contribution in [2.45, 2.75) is 49.2 Å². The highest BCUT2D eigenvalue weighted by atomic mass is 32.2.